The predicted molar refractivity (Wildman–Crippen MR) is 117 cm³/mol. The molecule has 3 rings (SSSR count). The van der Waals surface area contributed by atoms with Crippen molar-refractivity contribution in [2.45, 2.75) is 45.8 Å². The predicted octanol–water partition coefficient (Wildman–Crippen LogP) is 2.66. The van der Waals surface area contributed by atoms with Crippen LogP contribution in [0.15, 0.2) is 24.3 Å². The number of carbonyl (C=O) groups is 3. The summed E-state index contributed by atoms with van der Waals surface area (Å²) in [6.07, 6.45) is 0.837. The smallest absolute Gasteiger partial charge is 0.410 e. The lowest BCUT2D eigenvalue weighted by molar-refractivity contribution is -0.145. The van der Waals surface area contributed by atoms with Gasteiger partial charge in [0.2, 0.25) is 5.91 Å². The van der Waals surface area contributed by atoms with Gasteiger partial charge in [0.05, 0.1) is 13.0 Å². The van der Waals surface area contributed by atoms with Gasteiger partial charge in [0, 0.05) is 51.4 Å². The molecule has 0 spiro atoms. The number of ether oxygens (including phenoxy) is 2. The highest BCUT2D eigenvalue weighted by Crippen LogP contribution is 2.26. The van der Waals surface area contributed by atoms with Crippen LogP contribution in [0, 0.1) is 5.92 Å². The van der Waals surface area contributed by atoms with E-state index in [0.717, 1.165) is 37.3 Å². The van der Waals surface area contributed by atoms with Crippen LogP contribution in [-0.4, -0.2) is 73.2 Å². The lowest BCUT2D eigenvalue weighted by Crippen LogP contribution is -2.39. The van der Waals surface area contributed by atoms with E-state index in [1.807, 2.05) is 45.0 Å². The summed E-state index contributed by atoms with van der Waals surface area (Å²) in [5.74, 6) is -0.797. The molecule has 0 bridgehead atoms. The Morgan fingerprint density at radius 3 is 2.42 bits per heavy atom. The van der Waals surface area contributed by atoms with Crippen LogP contribution in [0.5, 0.6) is 0 Å². The zero-order valence-electron chi connectivity index (χ0n) is 18.9. The van der Waals surface area contributed by atoms with Gasteiger partial charge in [-0.1, -0.05) is 12.1 Å². The minimum absolute atomic E-state index is 0.0575. The van der Waals surface area contributed by atoms with Crippen molar-refractivity contribution in [3.8, 4) is 0 Å². The SMILES string of the molecule is COC(=O)C1CC(=O)N(c2ccc(CN3CCCN(C(=O)OC(C)(C)C)CC3)cc2)C1. The Morgan fingerprint density at radius 2 is 1.77 bits per heavy atom. The number of methoxy groups -OCH3 is 1. The molecule has 0 N–H and O–H groups in total. The van der Waals surface area contributed by atoms with E-state index in [4.69, 9.17) is 9.47 Å². The van der Waals surface area contributed by atoms with E-state index in [1.165, 1.54) is 7.11 Å². The molecular weight excluding hydrogens is 398 g/mol. The minimum Gasteiger partial charge on any atom is -0.469 e. The molecule has 1 aromatic carbocycles. The van der Waals surface area contributed by atoms with Crippen LogP contribution in [0.4, 0.5) is 10.5 Å². The molecule has 1 unspecified atom stereocenters. The van der Waals surface area contributed by atoms with Crippen molar-refractivity contribution in [1.29, 1.82) is 0 Å². The molecular formula is C23H33N3O5. The van der Waals surface area contributed by atoms with Gasteiger partial charge in [-0.05, 0) is 44.9 Å². The summed E-state index contributed by atoms with van der Waals surface area (Å²) in [6.45, 7) is 9.81. The Balaban J connectivity index is 1.54. The van der Waals surface area contributed by atoms with E-state index in [9.17, 15) is 14.4 Å². The minimum atomic E-state index is -0.488. The maximum atomic E-state index is 12.3. The molecule has 1 aromatic rings. The second-order valence-electron chi connectivity index (χ2n) is 9.19. The van der Waals surface area contributed by atoms with Gasteiger partial charge >= 0.3 is 12.1 Å². The van der Waals surface area contributed by atoms with Crippen LogP contribution in [0.3, 0.4) is 0 Å². The van der Waals surface area contributed by atoms with Gasteiger partial charge in [-0.15, -0.1) is 0 Å². The number of amides is 2. The van der Waals surface area contributed by atoms with E-state index in [1.54, 1.807) is 9.80 Å². The highest BCUT2D eigenvalue weighted by molar-refractivity contribution is 5.99. The van der Waals surface area contributed by atoms with Crippen LogP contribution in [0.1, 0.15) is 39.2 Å². The molecule has 0 saturated carbocycles. The molecule has 2 heterocycles. The molecule has 8 heteroatoms. The van der Waals surface area contributed by atoms with Gasteiger partial charge in [0.1, 0.15) is 5.60 Å². The van der Waals surface area contributed by atoms with Crippen LogP contribution >= 0.6 is 0 Å². The quantitative estimate of drug-likeness (QED) is 0.682. The van der Waals surface area contributed by atoms with Gasteiger partial charge in [0.25, 0.3) is 0 Å². The standard InChI is InChI=1S/C23H33N3O5/c1-23(2,3)31-22(29)25-11-5-10-24(12-13-25)15-17-6-8-19(9-7-17)26-16-18(14-20(26)27)21(28)30-4/h6-9,18H,5,10-16H2,1-4H3. The molecule has 2 aliphatic heterocycles. The third-order valence-electron chi connectivity index (χ3n) is 5.55. The van der Waals surface area contributed by atoms with Crippen molar-refractivity contribution in [2.24, 2.45) is 5.92 Å². The summed E-state index contributed by atoms with van der Waals surface area (Å²) in [6, 6.07) is 7.89. The average molecular weight is 432 g/mol. The second-order valence-corrected chi connectivity index (χ2v) is 9.19. The van der Waals surface area contributed by atoms with E-state index in [0.29, 0.717) is 19.6 Å². The van der Waals surface area contributed by atoms with Gasteiger partial charge < -0.3 is 19.3 Å². The number of rotatable bonds is 4. The van der Waals surface area contributed by atoms with Crippen LogP contribution in [0.2, 0.25) is 0 Å². The maximum Gasteiger partial charge on any atom is 0.410 e. The van der Waals surface area contributed by atoms with Gasteiger partial charge in [-0.3, -0.25) is 14.5 Å². The third kappa shape index (κ3) is 6.19. The molecule has 1 atom stereocenters. The molecule has 2 saturated heterocycles. The zero-order valence-corrected chi connectivity index (χ0v) is 18.9. The van der Waals surface area contributed by atoms with Crippen LogP contribution < -0.4 is 4.90 Å². The van der Waals surface area contributed by atoms with Gasteiger partial charge in [0.15, 0.2) is 0 Å². The second kappa shape index (κ2) is 9.68. The Morgan fingerprint density at radius 1 is 1.06 bits per heavy atom. The molecule has 2 aliphatic rings. The Labute approximate surface area is 184 Å². The lowest BCUT2D eigenvalue weighted by atomic mass is 10.1. The van der Waals surface area contributed by atoms with E-state index < -0.39 is 11.5 Å². The van der Waals surface area contributed by atoms with E-state index >= 15 is 0 Å². The number of benzene rings is 1. The molecule has 0 aromatic heterocycles. The number of hydrogen-bond donors (Lipinski definition) is 0. The maximum absolute atomic E-state index is 12.3. The summed E-state index contributed by atoms with van der Waals surface area (Å²) in [5.41, 5.74) is 1.45. The van der Waals surface area contributed by atoms with Crippen molar-refractivity contribution >= 4 is 23.7 Å². The highest BCUT2D eigenvalue weighted by atomic mass is 16.6. The highest BCUT2D eigenvalue weighted by Gasteiger charge is 2.35. The Bertz CT molecular complexity index is 802. The normalized spacial score (nSPS) is 20.5. The summed E-state index contributed by atoms with van der Waals surface area (Å²) >= 11 is 0. The molecule has 0 aliphatic carbocycles. The first kappa shape index (κ1) is 23.1. The molecule has 170 valence electrons. The first-order valence-corrected chi connectivity index (χ1v) is 10.8. The Kier molecular flexibility index (Phi) is 7.20. The molecule has 31 heavy (non-hydrogen) atoms. The number of anilines is 1. The number of esters is 1. The average Bonchev–Trinajstić information content (AvgIpc) is 2.94. The zero-order chi connectivity index (χ0) is 22.6. The van der Waals surface area contributed by atoms with Crippen molar-refractivity contribution in [1.82, 2.24) is 9.80 Å². The van der Waals surface area contributed by atoms with Crippen LogP contribution in [-0.2, 0) is 25.6 Å². The van der Waals surface area contributed by atoms with Crippen molar-refractivity contribution in [2.75, 3.05) is 44.7 Å². The van der Waals surface area contributed by atoms with Gasteiger partial charge in [-0.25, -0.2) is 4.79 Å². The number of nitrogens with zero attached hydrogens (tertiary/aromatic N) is 3. The Hall–Kier alpha value is -2.61. The summed E-state index contributed by atoms with van der Waals surface area (Å²) in [4.78, 5) is 42.1. The largest absolute Gasteiger partial charge is 0.469 e. The first-order valence-electron chi connectivity index (χ1n) is 10.8. The monoisotopic (exact) mass is 431 g/mol. The van der Waals surface area contributed by atoms with Crippen LogP contribution in [0.25, 0.3) is 0 Å². The molecule has 8 nitrogen and oxygen atoms in total. The number of hydrogen-bond acceptors (Lipinski definition) is 6. The third-order valence-corrected chi connectivity index (χ3v) is 5.55. The fourth-order valence-corrected chi connectivity index (χ4v) is 3.96. The topological polar surface area (TPSA) is 79.4 Å². The van der Waals surface area contributed by atoms with Crippen molar-refractivity contribution < 1.29 is 23.9 Å². The fraction of sp³-hybridized carbons (Fsp3) is 0.609. The summed E-state index contributed by atoms with van der Waals surface area (Å²) in [7, 11) is 1.35. The first-order chi connectivity index (χ1) is 14.7. The fourth-order valence-electron chi connectivity index (χ4n) is 3.96. The molecule has 0 radical (unpaired) electrons. The van der Waals surface area contributed by atoms with Gasteiger partial charge in [-0.2, -0.15) is 0 Å². The van der Waals surface area contributed by atoms with E-state index in [-0.39, 0.29) is 24.4 Å². The van der Waals surface area contributed by atoms with Crippen molar-refractivity contribution in [3.05, 3.63) is 29.8 Å². The summed E-state index contributed by atoms with van der Waals surface area (Å²) < 4.78 is 10.3. The summed E-state index contributed by atoms with van der Waals surface area (Å²) in [5, 5.41) is 0. The van der Waals surface area contributed by atoms with Crippen molar-refractivity contribution in [3.63, 3.8) is 0 Å². The lowest BCUT2D eigenvalue weighted by Gasteiger charge is -2.26. The van der Waals surface area contributed by atoms with E-state index in [2.05, 4.69) is 4.90 Å². The molecule has 2 amide bonds. The number of carbonyl (C=O) groups excluding carboxylic acids is 3. The molecule has 2 fully saturated rings.